The highest BCUT2D eigenvalue weighted by molar-refractivity contribution is 5.14. The van der Waals surface area contributed by atoms with Crippen molar-refractivity contribution in [2.24, 2.45) is 11.8 Å². The van der Waals surface area contributed by atoms with Crippen molar-refractivity contribution in [2.45, 2.75) is 6.54 Å². The molecule has 2 fully saturated rings. The Bertz CT molecular complexity index is 311. The molecule has 0 bridgehead atoms. The fraction of sp³-hybridized carbons (Fsp3) is 0.538. The summed E-state index contributed by atoms with van der Waals surface area (Å²) in [6.45, 7) is 6.17. The second-order valence-electron chi connectivity index (χ2n) is 4.86. The first kappa shape index (κ1) is 9.37. The smallest absolute Gasteiger partial charge is 0.0233 e. The summed E-state index contributed by atoms with van der Waals surface area (Å²) in [5.41, 5.74) is 1.45. The standard InChI is InChI=1S/C13H18N2/c1-2-4-11(5-3-1)8-15-9-12-6-14-7-13(12)10-15/h1-5,12-14H,6-10H2/t12-,13-/m0/s1. The van der Waals surface area contributed by atoms with E-state index < -0.39 is 0 Å². The number of hydrogen-bond donors (Lipinski definition) is 1. The molecule has 15 heavy (non-hydrogen) atoms. The molecule has 2 nitrogen and oxygen atoms in total. The first-order valence-corrected chi connectivity index (χ1v) is 5.89. The average Bonchev–Trinajstić information content (AvgIpc) is 2.79. The lowest BCUT2D eigenvalue weighted by Gasteiger charge is -2.16. The van der Waals surface area contributed by atoms with Gasteiger partial charge < -0.3 is 5.32 Å². The van der Waals surface area contributed by atoms with Crippen LogP contribution in [-0.2, 0) is 6.54 Å². The van der Waals surface area contributed by atoms with Crippen LogP contribution in [0.1, 0.15) is 5.56 Å². The molecule has 1 aromatic carbocycles. The third-order valence-electron chi connectivity index (χ3n) is 3.71. The van der Waals surface area contributed by atoms with Crippen LogP contribution >= 0.6 is 0 Å². The van der Waals surface area contributed by atoms with Crippen LogP contribution in [0.2, 0.25) is 0 Å². The van der Waals surface area contributed by atoms with E-state index >= 15 is 0 Å². The van der Waals surface area contributed by atoms with Crippen molar-refractivity contribution >= 4 is 0 Å². The normalized spacial score (nSPS) is 30.7. The summed E-state index contributed by atoms with van der Waals surface area (Å²) >= 11 is 0. The van der Waals surface area contributed by atoms with Crippen molar-refractivity contribution in [1.29, 1.82) is 0 Å². The van der Waals surface area contributed by atoms with E-state index in [2.05, 4.69) is 40.5 Å². The molecule has 2 aliphatic rings. The average molecular weight is 202 g/mol. The van der Waals surface area contributed by atoms with Gasteiger partial charge in [-0.15, -0.1) is 0 Å². The predicted octanol–water partition coefficient (Wildman–Crippen LogP) is 1.34. The van der Waals surface area contributed by atoms with Crippen molar-refractivity contribution < 1.29 is 0 Å². The highest BCUT2D eigenvalue weighted by atomic mass is 15.2. The molecule has 2 atom stereocenters. The third-order valence-corrected chi connectivity index (χ3v) is 3.71. The van der Waals surface area contributed by atoms with Crippen LogP contribution in [0, 0.1) is 11.8 Å². The van der Waals surface area contributed by atoms with Gasteiger partial charge in [0, 0.05) is 19.6 Å². The van der Waals surface area contributed by atoms with Gasteiger partial charge >= 0.3 is 0 Å². The number of nitrogens with zero attached hydrogens (tertiary/aromatic N) is 1. The van der Waals surface area contributed by atoms with Crippen LogP contribution in [0.15, 0.2) is 30.3 Å². The molecule has 2 saturated heterocycles. The van der Waals surface area contributed by atoms with E-state index in [1.807, 2.05) is 0 Å². The van der Waals surface area contributed by atoms with E-state index in [-0.39, 0.29) is 0 Å². The Balaban J connectivity index is 1.62. The fourth-order valence-electron chi connectivity index (χ4n) is 2.92. The fourth-order valence-corrected chi connectivity index (χ4v) is 2.92. The summed E-state index contributed by atoms with van der Waals surface area (Å²) in [5.74, 6) is 1.82. The van der Waals surface area contributed by atoms with Crippen LogP contribution in [0.3, 0.4) is 0 Å². The number of likely N-dealkylation sites (tertiary alicyclic amines) is 1. The minimum absolute atomic E-state index is 0.911. The van der Waals surface area contributed by atoms with Gasteiger partial charge in [0.1, 0.15) is 0 Å². The highest BCUT2D eigenvalue weighted by Crippen LogP contribution is 2.27. The second kappa shape index (κ2) is 3.95. The van der Waals surface area contributed by atoms with Gasteiger partial charge in [-0.25, -0.2) is 0 Å². The molecule has 0 spiro atoms. The summed E-state index contributed by atoms with van der Waals surface area (Å²) < 4.78 is 0. The van der Waals surface area contributed by atoms with E-state index in [1.54, 1.807) is 0 Å². The topological polar surface area (TPSA) is 15.3 Å². The highest BCUT2D eigenvalue weighted by Gasteiger charge is 2.35. The number of hydrogen-bond acceptors (Lipinski definition) is 2. The monoisotopic (exact) mass is 202 g/mol. The Labute approximate surface area is 91.3 Å². The van der Waals surface area contributed by atoms with Crippen molar-refractivity contribution in [3.05, 3.63) is 35.9 Å². The van der Waals surface area contributed by atoms with E-state index in [0.717, 1.165) is 18.4 Å². The minimum atomic E-state index is 0.911. The number of nitrogens with one attached hydrogen (secondary N) is 1. The van der Waals surface area contributed by atoms with Gasteiger partial charge in [-0.2, -0.15) is 0 Å². The van der Waals surface area contributed by atoms with Gasteiger partial charge in [0.2, 0.25) is 0 Å². The van der Waals surface area contributed by atoms with E-state index in [9.17, 15) is 0 Å². The second-order valence-corrected chi connectivity index (χ2v) is 4.86. The molecule has 0 aliphatic carbocycles. The molecule has 80 valence electrons. The zero-order valence-corrected chi connectivity index (χ0v) is 9.02. The zero-order chi connectivity index (χ0) is 10.1. The Kier molecular flexibility index (Phi) is 2.47. The van der Waals surface area contributed by atoms with Gasteiger partial charge in [0.05, 0.1) is 0 Å². The van der Waals surface area contributed by atoms with Gasteiger partial charge in [-0.05, 0) is 30.5 Å². The Morgan fingerprint density at radius 3 is 2.40 bits per heavy atom. The molecule has 2 heteroatoms. The van der Waals surface area contributed by atoms with E-state index in [4.69, 9.17) is 0 Å². The molecule has 2 aliphatic heterocycles. The van der Waals surface area contributed by atoms with Gasteiger partial charge in [-0.3, -0.25) is 4.90 Å². The van der Waals surface area contributed by atoms with Crippen LogP contribution in [0.4, 0.5) is 0 Å². The van der Waals surface area contributed by atoms with E-state index in [0.29, 0.717) is 0 Å². The summed E-state index contributed by atoms with van der Waals surface area (Å²) in [6.07, 6.45) is 0. The summed E-state index contributed by atoms with van der Waals surface area (Å²) in [6, 6.07) is 10.8. The van der Waals surface area contributed by atoms with Crippen molar-refractivity contribution in [2.75, 3.05) is 26.2 Å². The number of benzene rings is 1. The predicted molar refractivity (Wildman–Crippen MR) is 61.6 cm³/mol. The molecule has 1 aromatic rings. The maximum absolute atomic E-state index is 3.48. The molecule has 0 radical (unpaired) electrons. The van der Waals surface area contributed by atoms with Crippen LogP contribution in [-0.4, -0.2) is 31.1 Å². The largest absolute Gasteiger partial charge is 0.316 e. The Morgan fingerprint density at radius 1 is 1.07 bits per heavy atom. The minimum Gasteiger partial charge on any atom is -0.316 e. The lowest BCUT2D eigenvalue weighted by molar-refractivity contribution is 0.305. The Morgan fingerprint density at radius 2 is 1.73 bits per heavy atom. The lowest BCUT2D eigenvalue weighted by Crippen LogP contribution is -2.25. The molecule has 2 heterocycles. The van der Waals surface area contributed by atoms with Gasteiger partial charge in [0.25, 0.3) is 0 Å². The first-order valence-electron chi connectivity index (χ1n) is 5.89. The van der Waals surface area contributed by atoms with Gasteiger partial charge in [-0.1, -0.05) is 30.3 Å². The molecular formula is C13H18N2. The molecule has 0 aromatic heterocycles. The number of fused-ring (bicyclic) bond motifs is 1. The van der Waals surface area contributed by atoms with Crippen LogP contribution < -0.4 is 5.32 Å². The van der Waals surface area contributed by atoms with Crippen molar-refractivity contribution in [1.82, 2.24) is 10.2 Å². The zero-order valence-electron chi connectivity index (χ0n) is 9.02. The first-order chi connectivity index (χ1) is 7.42. The summed E-state index contributed by atoms with van der Waals surface area (Å²) in [5, 5.41) is 3.48. The molecule has 0 saturated carbocycles. The third kappa shape index (κ3) is 1.92. The van der Waals surface area contributed by atoms with Crippen LogP contribution in [0.25, 0.3) is 0 Å². The van der Waals surface area contributed by atoms with E-state index in [1.165, 1.54) is 31.7 Å². The Hall–Kier alpha value is -0.860. The molecule has 0 unspecified atom stereocenters. The summed E-state index contributed by atoms with van der Waals surface area (Å²) in [7, 11) is 0. The van der Waals surface area contributed by atoms with Crippen molar-refractivity contribution in [3.63, 3.8) is 0 Å². The molecule has 1 N–H and O–H groups in total. The molecule has 0 amide bonds. The maximum atomic E-state index is 3.48. The quantitative estimate of drug-likeness (QED) is 0.778. The van der Waals surface area contributed by atoms with Crippen molar-refractivity contribution in [3.8, 4) is 0 Å². The SMILES string of the molecule is c1ccc(CN2C[C@@H]3CNC[C@H]3C2)cc1. The summed E-state index contributed by atoms with van der Waals surface area (Å²) in [4.78, 5) is 2.60. The number of rotatable bonds is 2. The van der Waals surface area contributed by atoms with Crippen LogP contribution in [0.5, 0.6) is 0 Å². The maximum Gasteiger partial charge on any atom is 0.0233 e. The molecular weight excluding hydrogens is 184 g/mol. The molecule has 3 rings (SSSR count). The lowest BCUT2D eigenvalue weighted by atomic mass is 10.0. The van der Waals surface area contributed by atoms with Gasteiger partial charge in [0.15, 0.2) is 0 Å².